The van der Waals surface area contributed by atoms with Gasteiger partial charge in [-0.1, -0.05) is 0 Å². The van der Waals surface area contributed by atoms with Crippen molar-refractivity contribution < 1.29 is 4.42 Å². The van der Waals surface area contributed by atoms with E-state index in [9.17, 15) is 0 Å². The SMILES string of the molecule is CNCc1ccc(CN2CCN(C(C)C)CC2)o1. The van der Waals surface area contributed by atoms with Crippen molar-refractivity contribution in [3.05, 3.63) is 23.7 Å². The summed E-state index contributed by atoms with van der Waals surface area (Å²) >= 11 is 0. The van der Waals surface area contributed by atoms with E-state index >= 15 is 0 Å². The van der Waals surface area contributed by atoms with Crippen LogP contribution in [0.5, 0.6) is 0 Å². The maximum Gasteiger partial charge on any atom is 0.118 e. The standard InChI is InChI=1S/C14H25N3O/c1-12(2)17-8-6-16(7-9-17)11-14-5-4-13(18-14)10-15-3/h4-5,12,15H,6-11H2,1-3H3. The van der Waals surface area contributed by atoms with E-state index in [0.29, 0.717) is 6.04 Å². The minimum absolute atomic E-state index is 0.665. The van der Waals surface area contributed by atoms with Gasteiger partial charge in [-0.15, -0.1) is 0 Å². The molecule has 0 spiro atoms. The fourth-order valence-corrected chi connectivity index (χ4v) is 2.43. The molecule has 1 saturated heterocycles. The molecule has 0 atom stereocenters. The molecule has 4 heteroatoms. The van der Waals surface area contributed by atoms with Crippen LogP contribution in [-0.2, 0) is 13.1 Å². The molecule has 0 amide bonds. The molecule has 2 rings (SSSR count). The Kier molecular flexibility index (Phi) is 4.80. The van der Waals surface area contributed by atoms with Crippen LogP contribution in [0.4, 0.5) is 0 Å². The van der Waals surface area contributed by atoms with E-state index in [0.717, 1.165) is 37.7 Å². The Bertz CT molecular complexity index is 354. The highest BCUT2D eigenvalue weighted by molar-refractivity contribution is 5.07. The number of rotatable bonds is 5. The van der Waals surface area contributed by atoms with Crippen LogP contribution in [-0.4, -0.2) is 49.1 Å². The van der Waals surface area contributed by atoms with Crippen molar-refractivity contribution in [1.29, 1.82) is 0 Å². The Morgan fingerprint density at radius 1 is 1.17 bits per heavy atom. The predicted octanol–water partition coefficient (Wildman–Crippen LogP) is 1.52. The monoisotopic (exact) mass is 251 g/mol. The zero-order valence-electron chi connectivity index (χ0n) is 11.8. The number of nitrogens with zero attached hydrogens (tertiary/aromatic N) is 2. The smallest absolute Gasteiger partial charge is 0.118 e. The number of hydrogen-bond donors (Lipinski definition) is 1. The lowest BCUT2D eigenvalue weighted by molar-refractivity contribution is 0.0987. The molecule has 1 aromatic heterocycles. The van der Waals surface area contributed by atoms with Gasteiger partial charge in [0.15, 0.2) is 0 Å². The third-order valence-electron chi connectivity index (χ3n) is 3.58. The first-order valence-corrected chi connectivity index (χ1v) is 6.87. The number of piperazine rings is 1. The normalized spacial score (nSPS) is 18.7. The van der Waals surface area contributed by atoms with Gasteiger partial charge in [-0.25, -0.2) is 0 Å². The van der Waals surface area contributed by atoms with E-state index in [4.69, 9.17) is 4.42 Å². The summed E-state index contributed by atoms with van der Waals surface area (Å²) in [6.07, 6.45) is 0. The fraction of sp³-hybridized carbons (Fsp3) is 0.714. The lowest BCUT2D eigenvalue weighted by Crippen LogP contribution is -2.48. The quantitative estimate of drug-likeness (QED) is 0.860. The van der Waals surface area contributed by atoms with Crippen LogP contribution in [0.2, 0.25) is 0 Å². The summed E-state index contributed by atoms with van der Waals surface area (Å²) in [6.45, 7) is 10.9. The van der Waals surface area contributed by atoms with E-state index in [1.54, 1.807) is 0 Å². The molecule has 0 saturated carbocycles. The van der Waals surface area contributed by atoms with Gasteiger partial charge in [-0.05, 0) is 33.0 Å². The van der Waals surface area contributed by atoms with Gasteiger partial charge >= 0.3 is 0 Å². The molecule has 1 aliphatic heterocycles. The van der Waals surface area contributed by atoms with Gasteiger partial charge in [-0.2, -0.15) is 0 Å². The van der Waals surface area contributed by atoms with Crippen LogP contribution >= 0.6 is 0 Å². The molecule has 4 nitrogen and oxygen atoms in total. The van der Waals surface area contributed by atoms with Crippen molar-refractivity contribution in [3.63, 3.8) is 0 Å². The number of furan rings is 1. The van der Waals surface area contributed by atoms with E-state index in [1.807, 2.05) is 7.05 Å². The molecular weight excluding hydrogens is 226 g/mol. The highest BCUT2D eigenvalue weighted by Gasteiger charge is 2.19. The van der Waals surface area contributed by atoms with Crippen molar-refractivity contribution in [1.82, 2.24) is 15.1 Å². The van der Waals surface area contributed by atoms with Crippen LogP contribution in [0, 0.1) is 0 Å². The van der Waals surface area contributed by atoms with Crippen LogP contribution in [0.3, 0.4) is 0 Å². The van der Waals surface area contributed by atoms with Crippen LogP contribution in [0.15, 0.2) is 16.5 Å². The Hall–Kier alpha value is -0.840. The van der Waals surface area contributed by atoms with Gasteiger partial charge in [-0.3, -0.25) is 9.80 Å². The van der Waals surface area contributed by atoms with Crippen molar-refractivity contribution >= 4 is 0 Å². The highest BCUT2D eigenvalue weighted by Crippen LogP contribution is 2.13. The van der Waals surface area contributed by atoms with Crippen LogP contribution < -0.4 is 5.32 Å². The van der Waals surface area contributed by atoms with E-state index in [-0.39, 0.29) is 0 Å². The lowest BCUT2D eigenvalue weighted by Gasteiger charge is -2.36. The average Bonchev–Trinajstić information content (AvgIpc) is 2.78. The molecule has 2 heterocycles. The molecule has 0 aliphatic carbocycles. The maximum absolute atomic E-state index is 5.78. The summed E-state index contributed by atoms with van der Waals surface area (Å²) in [5, 5.41) is 3.11. The number of hydrogen-bond acceptors (Lipinski definition) is 4. The average molecular weight is 251 g/mol. The van der Waals surface area contributed by atoms with Gasteiger partial charge in [0.1, 0.15) is 11.5 Å². The zero-order chi connectivity index (χ0) is 13.0. The van der Waals surface area contributed by atoms with Gasteiger partial charge in [0.25, 0.3) is 0 Å². The Balaban J connectivity index is 1.80. The highest BCUT2D eigenvalue weighted by atomic mass is 16.3. The predicted molar refractivity (Wildman–Crippen MR) is 73.5 cm³/mol. The molecule has 102 valence electrons. The molecule has 0 unspecified atom stereocenters. The summed E-state index contributed by atoms with van der Waals surface area (Å²) in [5.41, 5.74) is 0. The molecule has 0 aromatic carbocycles. The van der Waals surface area contributed by atoms with E-state index in [1.165, 1.54) is 13.1 Å². The van der Waals surface area contributed by atoms with Crippen LogP contribution in [0.25, 0.3) is 0 Å². The topological polar surface area (TPSA) is 31.6 Å². The third kappa shape index (κ3) is 3.57. The van der Waals surface area contributed by atoms with Gasteiger partial charge < -0.3 is 9.73 Å². The first kappa shape index (κ1) is 13.6. The molecule has 1 aliphatic rings. The Morgan fingerprint density at radius 2 is 1.83 bits per heavy atom. The first-order chi connectivity index (χ1) is 8.69. The second-order valence-electron chi connectivity index (χ2n) is 5.30. The second kappa shape index (κ2) is 6.36. The summed E-state index contributed by atoms with van der Waals surface area (Å²) in [5.74, 6) is 2.10. The molecule has 0 radical (unpaired) electrons. The van der Waals surface area contributed by atoms with Crippen LogP contribution in [0.1, 0.15) is 25.4 Å². The molecule has 1 N–H and O–H groups in total. The summed E-state index contributed by atoms with van der Waals surface area (Å²) in [4.78, 5) is 5.01. The lowest BCUT2D eigenvalue weighted by atomic mass is 10.2. The molecule has 18 heavy (non-hydrogen) atoms. The Morgan fingerprint density at radius 3 is 2.44 bits per heavy atom. The Labute approximate surface area is 110 Å². The van der Waals surface area contributed by atoms with E-state index in [2.05, 4.69) is 41.1 Å². The molecule has 1 fully saturated rings. The van der Waals surface area contributed by atoms with E-state index < -0.39 is 0 Å². The van der Waals surface area contributed by atoms with Crippen molar-refractivity contribution in [2.75, 3.05) is 33.2 Å². The number of nitrogens with one attached hydrogen (secondary N) is 1. The molecule has 0 bridgehead atoms. The third-order valence-corrected chi connectivity index (χ3v) is 3.58. The fourth-order valence-electron chi connectivity index (χ4n) is 2.43. The zero-order valence-corrected chi connectivity index (χ0v) is 11.8. The molecular formula is C14H25N3O. The summed E-state index contributed by atoms with van der Waals surface area (Å²) in [6, 6.07) is 4.83. The van der Waals surface area contributed by atoms with Crippen molar-refractivity contribution in [3.8, 4) is 0 Å². The van der Waals surface area contributed by atoms with Crippen molar-refractivity contribution in [2.24, 2.45) is 0 Å². The first-order valence-electron chi connectivity index (χ1n) is 6.87. The second-order valence-corrected chi connectivity index (χ2v) is 5.30. The molecule has 1 aromatic rings. The summed E-state index contributed by atoms with van der Waals surface area (Å²) in [7, 11) is 1.94. The summed E-state index contributed by atoms with van der Waals surface area (Å²) < 4.78 is 5.78. The van der Waals surface area contributed by atoms with Gasteiger partial charge in [0.2, 0.25) is 0 Å². The minimum Gasteiger partial charge on any atom is -0.463 e. The largest absolute Gasteiger partial charge is 0.463 e. The van der Waals surface area contributed by atoms with Crippen molar-refractivity contribution in [2.45, 2.75) is 33.0 Å². The van der Waals surface area contributed by atoms with Gasteiger partial charge in [0.05, 0.1) is 13.1 Å². The van der Waals surface area contributed by atoms with Gasteiger partial charge in [0, 0.05) is 32.2 Å². The minimum atomic E-state index is 0.665. The maximum atomic E-state index is 5.78.